The lowest BCUT2D eigenvalue weighted by atomic mass is 9.94. The molecule has 41 heavy (non-hydrogen) atoms. The maximum atomic E-state index is 14.0. The molecule has 2 heterocycles. The fourth-order valence-electron chi connectivity index (χ4n) is 4.67. The highest BCUT2D eigenvalue weighted by molar-refractivity contribution is 7.98. The fraction of sp³-hybridized carbons (Fsp3) is 0.281. The number of nitrogens with zero attached hydrogens (tertiary/aromatic N) is 3. The van der Waals surface area contributed by atoms with Gasteiger partial charge in [-0.1, -0.05) is 79.7 Å². The Hall–Kier alpha value is -4.24. The van der Waals surface area contributed by atoms with E-state index in [4.69, 9.17) is 19.6 Å². The maximum absolute atomic E-state index is 14.0. The molecule has 4 aromatic rings. The minimum atomic E-state index is -0.515. The highest BCUT2D eigenvalue weighted by atomic mass is 32.2. The molecule has 1 unspecified atom stereocenters. The minimum absolute atomic E-state index is 0.246. The predicted molar refractivity (Wildman–Crippen MR) is 164 cm³/mol. The highest BCUT2D eigenvalue weighted by Gasteiger charge is 2.35. The van der Waals surface area contributed by atoms with E-state index in [1.165, 1.54) is 5.56 Å². The summed E-state index contributed by atoms with van der Waals surface area (Å²) in [6, 6.07) is 25.0. The molecule has 9 heteroatoms. The van der Waals surface area contributed by atoms with Gasteiger partial charge in [-0.2, -0.15) is 4.98 Å². The zero-order valence-electron chi connectivity index (χ0n) is 23.6. The molecule has 0 bridgehead atoms. The summed E-state index contributed by atoms with van der Waals surface area (Å²) in [6.45, 7) is 7.08. The van der Waals surface area contributed by atoms with Crippen molar-refractivity contribution in [2.45, 2.75) is 50.6 Å². The number of carbonyl (C=O) groups excluding carboxylic acids is 1. The van der Waals surface area contributed by atoms with Gasteiger partial charge in [-0.25, -0.2) is 4.68 Å². The largest absolute Gasteiger partial charge is 0.494 e. The van der Waals surface area contributed by atoms with Gasteiger partial charge in [0, 0.05) is 11.4 Å². The molecule has 1 amide bonds. The number of allylic oxidation sites excluding steroid dienone is 1. The van der Waals surface area contributed by atoms with Crippen molar-refractivity contribution in [2.75, 3.05) is 23.8 Å². The van der Waals surface area contributed by atoms with Crippen molar-refractivity contribution >= 4 is 29.3 Å². The molecule has 0 fully saturated rings. The van der Waals surface area contributed by atoms with Gasteiger partial charge in [0.05, 0.1) is 24.5 Å². The van der Waals surface area contributed by atoms with E-state index in [2.05, 4.69) is 29.7 Å². The van der Waals surface area contributed by atoms with Crippen LogP contribution in [0.4, 0.5) is 11.6 Å². The molecule has 1 aliphatic heterocycles. The van der Waals surface area contributed by atoms with Crippen molar-refractivity contribution in [3.8, 4) is 11.5 Å². The average Bonchev–Trinajstić information content (AvgIpc) is 3.39. The van der Waals surface area contributed by atoms with Crippen LogP contribution in [0, 0.1) is 0 Å². The molecule has 5 rings (SSSR count). The molecule has 8 nitrogen and oxygen atoms in total. The Labute approximate surface area is 245 Å². The number of aromatic nitrogens is 3. The molecule has 0 radical (unpaired) electrons. The zero-order valence-corrected chi connectivity index (χ0v) is 24.4. The Morgan fingerprint density at radius 2 is 1.83 bits per heavy atom. The summed E-state index contributed by atoms with van der Waals surface area (Å²) in [5.41, 5.74) is 3.93. The number of unbranched alkanes of at least 4 members (excludes halogenated alkanes) is 1. The number of rotatable bonds is 12. The lowest BCUT2D eigenvalue weighted by molar-refractivity contribution is -0.113. The van der Waals surface area contributed by atoms with E-state index >= 15 is 0 Å². The van der Waals surface area contributed by atoms with Gasteiger partial charge in [0.25, 0.3) is 5.91 Å². The number of ether oxygens (including phenoxy) is 2. The Morgan fingerprint density at radius 3 is 2.63 bits per heavy atom. The van der Waals surface area contributed by atoms with Crippen LogP contribution in [0.3, 0.4) is 0 Å². The van der Waals surface area contributed by atoms with Crippen molar-refractivity contribution in [3.63, 3.8) is 0 Å². The average molecular weight is 570 g/mol. The van der Waals surface area contributed by atoms with E-state index in [0.717, 1.165) is 29.9 Å². The molecular formula is C32H35N5O3S. The summed E-state index contributed by atoms with van der Waals surface area (Å²) in [6.07, 6.45) is 2.02. The van der Waals surface area contributed by atoms with Crippen LogP contribution in [-0.4, -0.2) is 33.9 Å². The molecule has 1 atom stereocenters. The Morgan fingerprint density at radius 1 is 1.02 bits per heavy atom. The number of hydrogen-bond acceptors (Lipinski definition) is 7. The number of anilines is 2. The first kappa shape index (κ1) is 28.3. The lowest BCUT2D eigenvalue weighted by Crippen LogP contribution is -2.31. The first-order valence-electron chi connectivity index (χ1n) is 13.9. The van der Waals surface area contributed by atoms with Crippen LogP contribution < -0.4 is 20.1 Å². The monoisotopic (exact) mass is 569 g/mol. The third-order valence-electron chi connectivity index (χ3n) is 6.66. The first-order valence-corrected chi connectivity index (χ1v) is 14.9. The predicted octanol–water partition coefficient (Wildman–Crippen LogP) is 7.08. The normalized spacial score (nSPS) is 14.3. The van der Waals surface area contributed by atoms with Crippen LogP contribution in [0.2, 0.25) is 0 Å². The second kappa shape index (κ2) is 13.4. The Balaban J connectivity index is 1.50. The number of nitrogens with one attached hydrogen (secondary N) is 2. The number of thioether (sulfide) groups is 1. The Kier molecular flexibility index (Phi) is 9.26. The van der Waals surface area contributed by atoms with Gasteiger partial charge >= 0.3 is 0 Å². The molecule has 1 aromatic heterocycles. The third kappa shape index (κ3) is 6.74. The van der Waals surface area contributed by atoms with E-state index in [9.17, 15) is 4.79 Å². The quantitative estimate of drug-likeness (QED) is 0.139. The van der Waals surface area contributed by atoms with Crippen LogP contribution in [0.25, 0.3) is 0 Å². The van der Waals surface area contributed by atoms with Gasteiger partial charge in [-0.15, -0.1) is 5.10 Å². The molecule has 1 aliphatic rings. The van der Waals surface area contributed by atoms with Crippen LogP contribution in [0.5, 0.6) is 11.5 Å². The molecule has 0 saturated heterocycles. The van der Waals surface area contributed by atoms with Crippen molar-refractivity contribution in [3.05, 3.63) is 101 Å². The van der Waals surface area contributed by atoms with Gasteiger partial charge in [-0.05, 0) is 55.7 Å². The van der Waals surface area contributed by atoms with Gasteiger partial charge in [0.15, 0.2) is 0 Å². The van der Waals surface area contributed by atoms with Gasteiger partial charge in [0.1, 0.15) is 17.5 Å². The van der Waals surface area contributed by atoms with Crippen molar-refractivity contribution < 1.29 is 14.3 Å². The standard InChI is InChI=1S/C32H35N5O3S/c1-4-6-19-40-25-16-12-15-24(20-25)29-28(30(38)34-26-17-10-11-18-27(26)39-5-2)22(3)33-31-35-32(36-37(29)31)41-21-23-13-8-7-9-14-23/h7-18,20,29H,4-6,19,21H2,1-3H3,(H,34,38)(H,33,35,36). The molecule has 212 valence electrons. The number of hydrogen-bond donors (Lipinski definition) is 2. The van der Waals surface area contributed by atoms with Crippen LogP contribution in [0.15, 0.2) is 95.3 Å². The summed E-state index contributed by atoms with van der Waals surface area (Å²) < 4.78 is 13.6. The topological polar surface area (TPSA) is 90.3 Å². The lowest BCUT2D eigenvalue weighted by Gasteiger charge is -2.29. The summed E-state index contributed by atoms with van der Waals surface area (Å²) in [4.78, 5) is 18.8. The first-order chi connectivity index (χ1) is 20.1. The zero-order chi connectivity index (χ0) is 28.6. The summed E-state index contributed by atoms with van der Waals surface area (Å²) in [5.74, 6) is 2.46. The van der Waals surface area contributed by atoms with E-state index in [1.807, 2.05) is 80.6 Å². The van der Waals surface area contributed by atoms with Crippen LogP contribution >= 0.6 is 11.8 Å². The molecule has 0 aliphatic carbocycles. The fourth-order valence-corrected chi connectivity index (χ4v) is 5.45. The van der Waals surface area contributed by atoms with Crippen LogP contribution in [-0.2, 0) is 10.5 Å². The highest BCUT2D eigenvalue weighted by Crippen LogP contribution is 2.38. The minimum Gasteiger partial charge on any atom is -0.494 e. The second-order valence-corrected chi connectivity index (χ2v) is 10.6. The third-order valence-corrected chi connectivity index (χ3v) is 7.57. The number of para-hydroxylation sites is 2. The summed E-state index contributed by atoms with van der Waals surface area (Å²) in [7, 11) is 0. The number of carbonyl (C=O) groups is 1. The molecule has 0 saturated carbocycles. The molecule has 2 N–H and O–H groups in total. The van der Waals surface area contributed by atoms with E-state index in [1.54, 1.807) is 16.4 Å². The summed E-state index contributed by atoms with van der Waals surface area (Å²) in [5, 5.41) is 11.9. The van der Waals surface area contributed by atoms with Gasteiger partial charge < -0.3 is 20.1 Å². The number of amides is 1. The number of benzene rings is 3. The van der Waals surface area contributed by atoms with Crippen molar-refractivity contribution in [1.82, 2.24) is 14.8 Å². The van der Waals surface area contributed by atoms with E-state index in [-0.39, 0.29) is 5.91 Å². The van der Waals surface area contributed by atoms with E-state index < -0.39 is 6.04 Å². The summed E-state index contributed by atoms with van der Waals surface area (Å²) >= 11 is 1.56. The second-order valence-electron chi connectivity index (χ2n) is 9.66. The van der Waals surface area contributed by atoms with Crippen molar-refractivity contribution in [2.24, 2.45) is 0 Å². The smallest absolute Gasteiger partial charge is 0.255 e. The molecule has 3 aromatic carbocycles. The molecule has 0 spiro atoms. The van der Waals surface area contributed by atoms with Gasteiger partial charge in [-0.3, -0.25) is 4.79 Å². The Bertz CT molecular complexity index is 1520. The van der Waals surface area contributed by atoms with E-state index in [0.29, 0.717) is 47.0 Å². The maximum Gasteiger partial charge on any atom is 0.255 e. The number of fused-ring (bicyclic) bond motifs is 1. The van der Waals surface area contributed by atoms with Crippen LogP contribution in [0.1, 0.15) is 50.8 Å². The van der Waals surface area contributed by atoms with Gasteiger partial charge in [0.2, 0.25) is 11.1 Å². The van der Waals surface area contributed by atoms with Crippen molar-refractivity contribution in [1.29, 1.82) is 0 Å². The SMILES string of the molecule is CCCCOc1cccc(C2C(C(=O)Nc3ccccc3OCC)=C(C)Nc3nc(SCc4ccccc4)nn32)c1. The molecular weight excluding hydrogens is 534 g/mol.